The summed E-state index contributed by atoms with van der Waals surface area (Å²) in [5.41, 5.74) is 1.61. The zero-order valence-electron chi connectivity index (χ0n) is 13.0. The minimum absolute atomic E-state index is 0.0634. The van der Waals surface area contributed by atoms with E-state index in [0.29, 0.717) is 0 Å². The second-order valence-electron chi connectivity index (χ2n) is 5.29. The molecule has 0 saturated carbocycles. The van der Waals surface area contributed by atoms with Crippen LogP contribution in [0.4, 0.5) is 4.79 Å². The molecule has 0 fully saturated rings. The summed E-state index contributed by atoms with van der Waals surface area (Å²) in [5, 5.41) is 21.2. The van der Waals surface area contributed by atoms with Crippen molar-refractivity contribution in [1.29, 1.82) is 0 Å². The van der Waals surface area contributed by atoms with E-state index in [9.17, 15) is 14.7 Å². The van der Waals surface area contributed by atoms with Gasteiger partial charge in [-0.1, -0.05) is 60.7 Å². The molecular formula is C18H19NO5. The lowest BCUT2D eigenvalue weighted by Gasteiger charge is -2.21. The van der Waals surface area contributed by atoms with Gasteiger partial charge in [0.15, 0.2) is 6.10 Å². The molecule has 6 heteroatoms. The molecule has 0 radical (unpaired) electrons. The Bertz CT molecular complexity index is 660. The Morgan fingerprint density at radius 1 is 0.958 bits per heavy atom. The monoisotopic (exact) mass is 329 g/mol. The van der Waals surface area contributed by atoms with Crippen molar-refractivity contribution < 1.29 is 24.5 Å². The van der Waals surface area contributed by atoms with Crippen LogP contribution in [0, 0.1) is 0 Å². The SMILES string of the molecule is O=C(N[C@@H](Cc1ccccc1)C(O)C(=O)O)OCc1ccccc1. The molecule has 0 aliphatic carbocycles. The van der Waals surface area contributed by atoms with Crippen LogP contribution >= 0.6 is 0 Å². The number of hydrogen-bond donors (Lipinski definition) is 3. The smallest absolute Gasteiger partial charge is 0.407 e. The lowest BCUT2D eigenvalue weighted by atomic mass is 10.0. The van der Waals surface area contributed by atoms with Crippen molar-refractivity contribution in [3.8, 4) is 0 Å². The predicted molar refractivity (Wildman–Crippen MR) is 87.3 cm³/mol. The van der Waals surface area contributed by atoms with Crippen LogP contribution in [0.1, 0.15) is 11.1 Å². The van der Waals surface area contributed by atoms with E-state index in [0.717, 1.165) is 11.1 Å². The second-order valence-corrected chi connectivity index (χ2v) is 5.29. The largest absolute Gasteiger partial charge is 0.479 e. The number of nitrogens with one attached hydrogen (secondary N) is 1. The molecule has 0 aliphatic heterocycles. The van der Waals surface area contributed by atoms with Gasteiger partial charge in [-0.05, 0) is 17.5 Å². The van der Waals surface area contributed by atoms with Crippen LogP contribution in [0.3, 0.4) is 0 Å². The van der Waals surface area contributed by atoms with E-state index in [1.165, 1.54) is 0 Å². The molecule has 1 amide bonds. The summed E-state index contributed by atoms with van der Waals surface area (Å²) in [6, 6.07) is 17.1. The molecule has 0 bridgehead atoms. The summed E-state index contributed by atoms with van der Waals surface area (Å²) in [7, 11) is 0. The summed E-state index contributed by atoms with van der Waals surface area (Å²) in [5.74, 6) is -1.40. The van der Waals surface area contributed by atoms with E-state index in [1.54, 1.807) is 36.4 Å². The highest BCUT2D eigenvalue weighted by Crippen LogP contribution is 2.08. The predicted octanol–water partition coefficient (Wildman–Crippen LogP) is 1.97. The van der Waals surface area contributed by atoms with Crippen molar-refractivity contribution in [2.24, 2.45) is 0 Å². The Morgan fingerprint density at radius 3 is 2.04 bits per heavy atom. The van der Waals surface area contributed by atoms with E-state index in [-0.39, 0.29) is 13.0 Å². The number of carboxylic acids is 1. The van der Waals surface area contributed by atoms with Gasteiger partial charge in [-0.15, -0.1) is 0 Å². The van der Waals surface area contributed by atoms with Gasteiger partial charge in [-0.25, -0.2) is 9.59 Å². The van der Waals surface area contributed by atoms with Crippen molar-refractivity contribution >= 4 is 12.1 Å². The molecule has 3 N–H and O–H groups in total. The summed E-state index contributed by atoms with van der Waals surface area (Å²) in [6.45, 7) is 0.0634. The summed E-state index contributed by atoms with van der Waals surface area (Å²) >= 11 is 0. The molecule has 0 aromatic heterocycles. The highest BCUT2D eigenvalue weighted by Gasteiger charge is 2.28. The Hall–Kier alpha value is -2.86. The molecule has 0 heterocycles. The fourth-order valence-electron chi connectivity index (χ4n) is 2.20. The van der Waals surface area contributed by atoms with E-state index < -0.39 is 24.2 Å². The Morgan fingerprint density at radius 2 is 1.50 bits per heavy atom. The van der Waals surface area contributed by atoms with Gasteiger partial charge in [0, 0.05) is 0 Å². The molecule has 6 nitrogen and oxygen atoms in total. The fraction of sp³-hybridized carbons (Fsp3) is 0.222. The highest BCUT2D eigenvalue weighted by molar-refractivity contribution is 5.75. The molecule has 2 aromatic carbocycles. The van der Waals surface area contributed by atoms with Gasteiger partial charge in [-0.2, -0.15) is 0 Å². The van der Waals surface area contributed by atoms with Gasteiger partial charge in [0.2, 0.25) is 0 Å². The zero-order chi connectivity index (χ0) is 17.4. The maximum absolute atomic E-state index is 11.9. The Labute approximate surface area is 139 Å². The number of amides is 1. The first-order chi connectivity index (χ1) is 11.6. The third-order valence-electron chi connectivity index (χ3n) is 3.45. The molecular weight excluding hydrogens is 310 g/mol. The maximum Gasteiger partial charge on any atom is 0.407 e. The number of carboxylic acid groups (broad SMARTS) is 1. The van der Waals surface area contributed by atoms with E-state index in [2.05, 4.69) is 5.32 Å². The number of benzene rings is 2. The molecule has 2 rings (SSSR count). The third kappa shape index (κ3) is 5.40. The van der Waals surface area contributed by atoms with Gasteiger partial charge in [-0.3, -0.25) is 0 Å². The van der Waals surface area contributed by atoms with E-state index >= 15 is 0 Å². The number of carbonyl (C=O) groups is 2. The minimum Gasteiger partial charge on any atom is -0.479 e. The number of hydrogen-bond acceptors (Lipinski definition) is 4. The number of aliphatic hydroxyl groups is 1. The highest BCUT2D eigenvalue weighted by atomic mass is 16.5. The number of ether oxygens (including phenoxy) is 1. The van der Waals surface area contributed by atoms with E-state index in [4.69, 9.17) is 9.84 Å². The molecule has 0 aliphatic rings. The number of aliphatic hydroxyl groups excluding tert-OH is 1. The van der Waals surface area contributed by atoms with Gasteiger partial charge in [0.1, 0.15) is 6.61 Å². The van der Waals surface area contributed by atoms with Crippen LogP contribution in [0.2, 0.25) is 0 Å². The lowest BCUT2D eigenvalue weighted by molar-refractivity contribution is -0.148. The van der Waals surface area contributed by atoms with Crippen molar-refractivity contribution in [2.75, 3.05) is 0 Å². The molecule has 2 aromatic rings. The second kappa shape index (κ2) is 8.69. The first-order valence-corrected chi connectivity index (χ1v) is 7.48. The molecule has 126 valence electrons. The first kappa shape index (κ1) is 17.5. The van der Waals surface area contributed by atoms with Gasteiger partial charge >= 0.3 is 12.1 Å². The lowest BCUT2D eigenvalue weighted by Crippen LogP contribution is -2.48. The van der Waals surface area contributed by atoms with Crippen LogP contribution in [-0.2, 0) is 22.6 Å². The number of aliphatic carboxylic acids is 1. The Balaban J connectivity index is 1.96. The van der Waals surface area contributed by atoms with Gasteiger partial charge in [0.25, 0.3) is 0 Å². The summed E-state index contributed by atoms with van der Waals surface area (Å²) < 4.78 is 5.07. The van der Waals surface area contributed by atoms with Crippen molar-refractivity contribution in [2.45, 2.75) is 25.2 Å². The Kier molecular flexibility index (Phi) is 6.33. The number of rotatable bonds is 7. The standard InChI is InChI=1S/C18H19NO5/c20-16(17(21)22)15(11-13-7-3-1-4-8-13)19-18(23)24-12-14-9-5-2-6-10-14/h1-10,15-16,20H,11-12H2,(H,19,23)(H,21,22)/t15-,16?/m0/s1. The van der Waals surface area contributed by atoms with Crippen molar-refractivity contribution in [3.63, 3.8) is 0 Å². The zero-order valence-corrected chi connectivity index (χ0v) is 13.0. The number of alkyl carbamates (subject to hydrolysis) is 1. The van der Waals surface area contributed by atoms with Gasteiger partial charge < -0.3 is 20.3 Å². The average Bonchev–Trinajstić information content (AvgIpc) is 2.60. The fourth-order valence-corrected chi connectivity index (χ4v) is 2.20. The van der Waals surface area contributed by atoms with Gasteiger partial charge in [0.05, 0.1) is 6.04 Å². The van der Waals surface area contributed by atoms with Crippen molar-refractivity contribution in [1.82, 2.24) is 5.32 Å². The van der Waals surface area contributed by atoms with Crippen LogP contribution in [-0.4, -0.2) is 34.4 Å². The topological polar surface area (TPSA) is 95.9 Å². The van der Waals surface area contributed by atoms with E-state index in [1.807, 2.05) is 24.3 Å². The molecule has 0 spiro atoms. The van der Waals surface area contributed by atoms with Crippen LogP contribution < -0.4 is 5.32 Å². The molecule has 0 saturated heterocycles. The maximum atomic E-state index is 11.9. The van der Waals surface area contributed by atoms with Crippen LogP contribution in [0.25, 0.3) is 0 Å². The number of carbonyl (C=O) groups excluding carboxylic acids is 1. The van der Waals surface area contributed by atoms with Crippen LogP contribution in [0.15, 0.2) is 60.7 Å². The average molecular weight is 329 g/mol. The quantitative estimate of drug-likeness (QED) is 0.722. The summed E-state index contributed by atoms with van der Waals surface area (Å²) in [4.78, 5) is 23.0. The third-order valence-corrected chi connectivity index (χ3v) is 3.45. The molecule has 2 atom stereocenters. The molecule has 1 unspecified atom stereocenters. The van der Waals surface area contributed by atoms with Crippen molar-refractivity contribution in [3.05, 3.63) is 71.8 Å². The minimum atomic E-state index is -1.73. The first-order valence-electron chi connectivity index (χ1n) is 7.48. The molecule has 24 heavy (non-hydrogen) atoms. The summed E-state index contributed by atoms with van der Waals surface area (Å²) in [6.07, 6.45) is -2.33. The van der Waals surface area contributed by atoms with Crippen LogP contribution in [0.5, 0.6) is 0 Å². The normalized spacial score (nSPS) is 12.9.